The fraction of sp³-hybridized carbons (Fsp3) is 0.438. The molecule has 0 aromatic heterocycles. The molecule has 0 saturated carbocycles. The molecule has 0 fully saturated rings. The van der Waals surface area contributed by atoms with E-state index in [1.54, 1.807) is 23.1 Å². The Bertz CT molecular complexity index is 615. The van der Waals surface area contributed by atoms with Crippen molar-refractivity contribution in [3.05, 3.63) is 18.2 Å². The fourth-order valence-electron chi connectivity index (χ4n) is 2.21. The number of fused-ring (bicyclic) bond motifs is 1. The number of nitriles is 2. The number of ether oxygens (including phenoxy) is 2. The highest BCUT2D eigenvalue weighted by Crippen LogP contribution is 2.32. The molecule has 1 heterocycles. The zero-order valence-corrected chi connectivity index (χ0v) is 12.7. The maximum absolute atomic E-state index is 12.1. The number of rotatable bonds is 7. The van der Waals surface area contributed by atoms with Crippen LogP contribution in [0.2, 0.25) is 0 Å². The van der Waals surface area contributed by atoms with Crippen LogP contribution in [-0.4, -0.2) is 43.7 Å². The first-order chi connectivity index (χ1) is 11.2. The molecule has 1 amide bonds. The number of hydrogen-bond donors (Lipinski definition) is 1. The molecule has 7 nitrogen and oxygen atoms in total. The van der Waals surface area contributed by atoms with Gasteiger partial charge in [0.1, 0.15) is 13.2 Å². The molecule has 0 radical (unpaired) electrons. The minimum atomic E-state index is -0.197. The summed E-state index contributed by atoms with van der Waals surface area (Å²) in [5, 5.41) is 20.1. The van der Waals surface area contributed by atoms with Crippen molar-refractivity contribution >= 4 is 11.6 Å². The van der Waals surface area contributed by atoms with Crippen molar-refractivity contribution in [2.75, 3.05) is 38.2 Å². The SMILES string of the molecule is N#CCCN(CCC#N)CC(=O)Nc1ccc2c(c1)OCCO2. The van der Waals surface area contributed by atoms with Gasteiger partial charge in [0, 0.05) is 37.7 Å². The molecular formula is C16H18N4O3. The quantitative estimate of drug-likeness (QED) is 0.819. The van der Waals surface area contributed by atoms with E-state index in [0.29, 0.717) is 56.3 Å². The van der Waals surface area contributed by atoms with Crippen LogP contribution in [0.15, 0.2) is 18.2 Å². The lowest BCUT2D eigenvalue weighted by Crippen LogP contribution is -2.34. The van der Waals surface area contributed by atoms with Crippen molar-refractivity contribution in [2.45, 2.75) is 12.8 Å². The Balaban J connectivity index is 1.92. The van der Waals surface area contributed by atoms with Gasteiger partial charge in [0.05, 0.1) is 18.7 Å². The van der Waals surface area contributed by atoms with Crippen molar-refractivity contribution in [1.82, 2.24) is 4.90 Å². The molecule has 0 unspecified atom stereocenters. The highest BCUT2D eigenvalue weighted by atomic mass is 16.6. The summed E-state index contributed by atoms with van der Waals surface area (Å²) in [6.45, 7) is 2.07. The van der Waals surface area contributed by atoms with Gasteiger partial charge >= 0.3 is 0 Å². The maximum atomic E-state index is 12.1. The van der Waals surface area contributed by atoms with Gasteiger partial charge in [0.2, 0.25) is 5.91 Å². The van der Waals surface area contributed by atoms with Crippen molar-refractivity contribution in [3.8, 4) is 23.6 Å². The third kappa shape index (κ3) is 5.17. The van der Waals surface area contributed by atoms with Gasteiger partial charge in [-0.25, -0.2) is 0 Å². The van der Waals surface area contributed by atoms with Gasteiger partial charge in [-0.3, -0.25) is 9.69 Å². The summed E-state index contributed by atoms with van der Waals surface area (Å²) < 4.78 is 10.9. The van der Waals surface area contributed by atoms with Crippen LogP contribution >= 0.6 is 0 Å². The van der Waals surface area contributed by atoms with Crippen LogP contribution in [0.3, 0.4) is 0 Å². The molecule has 23 heavy (non-hydrogen) atoms. The van der Waals surface area contributed by atoms with Crippen LogP contribution in [0, 0.1) is 22.7 Å². The van der Waals surface area contributed by atoms with E-state index in [9.17, 15) is 4.79 Å². The summed E-state index contributed by atoms with van der Waals surface area (Å²) in [5.74, 6) is 1.08. The van der Waals surface area contributed by atoms with Gasteiger partial charge in [-0.1, -0.05) is 0 Å². The second-order valence-electron chi connectivity index (χ2n) is 5.00. The Labute approximate surface area is 135 Å². The predicted molar refractivity (Wildman–Crippen MR) is 83.0 cm³/mol. The van der Waals surface area contributed by atoms with E-state index in [0.717, 1.165) is 0 Å². The molecular weight excluding hydrogens is 296 g/mol. The van der Waals surface area contributed by atoms with E-state index in [1.807, 2.05) is 12.1 Å². The Morgan fingerprint density at radius 3 is 2.43 bits per heavy atom. The molecule has 1 aromatic rings. The van der Waals surface area contributed by atoms with E-state index in [-0.39, 0.29) is 12.5 Å². The van der Waals surface area contributed by atoms with E-state index >= 15 is 0 Å². The average molecular weight is 314 g/mol. The number of nitrogens with zero attached hydrogens (tertiary/aromatic N) is 3. The predicted octanol–water partition coefficient (Wildman–Crippen LogP) is 1.53. The van der Waals surface area contributed by atoms with Gasteiger partial charge < -0.3 is 14.8 Å². The smallest absolute Gasteiger partial charge is 0.238 e. The van der Waals surface area contributed by atoms with Crippen molar-refractivity contribution in [1.29, 1.82) is 10.5 Å². The summed E-state index contributed by atoms with van der Waals surface area (Å²) in [6.07, 6.45) is 0.644. The molecule has 7 heteroatoms. The molecule has 1 aromatic carbocycles. The van der Waals surface area contributed by atoms with Crippen LogP contribution < -0.4 is 14.8 Å². The highest BCUT2D eigenvalue weighted by Gasteiger charge is 2.14. The Hall–Kier alpha value is -2.77. The second kappa shape index (κ2) is 8.62. The van der Waals surface area contributed by atoms with Crippen LogP contribution in [0.4, 0.5) is 5.69 Å². The molecule has 0 atom stereocenters. The monoisotopic (exact) mass is 314 g/mol. The third-order valence-corrected chi connectivity index (χ3v) is 3.27. The standard InChI is InChI=1S/C16H18N4O3/c17-5-1-7-20(8-2-6-18)12-16(21)19-13-3-4-14-15(11-13)23-10-9-22-14/h3-4,11H,1-2,7-10,12H2,(H,19,21). The lowest BCUT2D eigenvalue weighted by Gasteiger charge is -2.20. The molecule has 0 spiro atoms. The summed E-state index contributed by atoms with van der Waals surface area (Å²) >= 11 is 0. The topological polar surface area (TPSA) is 98.4 Å². The number of hydrogen-bond acceptors (Lipinski definition) is 6. The number of anilines is 1. The fourth-order valence-corrected chi connectivity index (χ4v) is 2.21. The van der Waals surface area contributed by atoms with E-state index < -0.39 is 0 Å². The lowest BCUT2D eigenvalue weighted by molar-refractivity contribution is -0.117. The zero-order valence-electron chi connectivity index (χ0n) is 12.7. The van der Waals surface area contributed by atoms with Gasteiger partial charge in [0.25, 0.3) is 0 Å². The second-order valence-corrected chi connectivity index (χ2v) is 5.00. The van der Waals surface area contributed by atoms with E-state index in [2.05, 4.69) is 5.32 Å². The number of nitrogens with one attached hydrogen (secondary N) is 1. The van der Waals surface area contributed by atoms with Crippen LogP contribution in [-0.2, 0) is 4.79 Å². The van der Waals surface area contributed by atoms with Crippen molar-refractivity contribution in [2.24, 2.45) is 0 Å². The van der Waals surface area contributed by atoms with Crippen LogP contribution in [0.1, 0.15) is 12.8 Å². The molecule has 1 N–H and O–H groups in total. The van der Waals surface area contributed by atoms with Gasteiger partial charge in [-0.2, -0.15) is 10.5 Å². The molecule has 1 aliphatic rings. The maximum Gasteiger partial charge on any atom is 0.238 e. The zero-order chi connectivity index (χ0) is 16.5. The Morgan fingerprint density at radius 1 is 1.13 bits per heavy atom. The van der Waals surface area contributed by atoms with E-state index in [4.69, 9.17) is 20.0 Å². The summed E-state index contributed by atoms with van der Waals surface area (Å²) in [4.78, 5) is 13.9. The molecule has 2 rings (SSSR count). The number of carbonyl (C=O) groups excluding carboxylic acids is 1. The molecule has 0 bridgehead atoms. The van der Waals surface area contributed by atoms with Crippen molar-refractivity contribution in [3.63, 3.8) is 0 Å². The first-order valence-corrected chi connectivity index (χ1v) is 7.38. The Kier molecular flexibility index (Phi) is 6.22. The largest absolute Gasteiger partial charge is 0.486 e. The van der Waals surface area contributed by atoms with Crippen LogP contribution in [0.25, 0.3) is 0 Å². The normalized spacial score (nSPS) is 12.3. The van der Waals surface area contributed by atoms with Gasteiger partial charge in [0.15, 0.2) is 11.5 Å². The highest BCUT2D eigenvalue weighted by molar-refractivity contribution is 5.92. The number of carbonyl (C=O) groups is 1. The summed E-state index contributed by atoms with van der Waals surface area (Å²) in [7, 11) is 0. The summed E-state index contributed by atoms with van der Waals surface area (Å²) in [5.41, 5.74) is 0.625. The average Bonchev–Trinajstić information content (AvgIpc) is 2.57. The first-order valence-electron chi connectivity index (χ1n) is 7.38. The first kappa shape index (κ1) is 16.6. The molecule has 1 aliphatic heterocycles. The number of benzene rings is 1. The molecule has 0 aliphatic carbocycles. The lowest BCUT2D eigenvalue weighted by atomic mass is 10.2. The Morgan fingerprint density at radius 2 is 1.78 bits per heavy atom. The molecule has 0 saturated heterocycles. The summed E-state index contributed by atoms with van der Waals surface area (Å²) in [6, 6.07) is 9.32. The van der Waals surface area contributed by atoms with E-state index in [1.165, 1.54) is 0 Å². The third-order valence-electron chi connectivity index (χ3n) is 3.27. The van der Waals surface area contributed by atoms with Gasteiger partial charge in [-0.15, -0.1) is 0 Å². The van der Waals surface area contributed by atoms with Crippen molar-refractivity contribution < 1.29 is 14.3 Å². The minimum absolute atomic E-state index is 0.137. The van der Waals surface area contributed by atoms with Gasteiger partial charge in [-0.05, 0) is 12.1 Å². The molecule has 120 valence electrons. The number of amides is 1. The van der Waals surface area contributed by atoms with Crippen LogP contribution in [0.5, 0.6) is 11.5 Å². The minimum Gasteiger partial charge on any atom is -0.486 e.